The van der Waals surface area contributed by atoms with Crippen LogP contribution >= 0.6 is 0 Å². The highest BCUT2D eigenvalue weighted by Crippen LogP contribution is 2.49. The van der Waals surface area contributed by atoms with Gasteiger partial charge in [-0.3, -0.25) is 0 Å². The summed E-state index contributed by atoms with van der Waals surface area (Å²) in [6.07, 6.45) is 7.06. The molecular weight excluding hydrogens is 450 g/mol. The Bertz CT molecular complexity index is 1320. The van der Waals surface area contributed by atoms with E-state index in [9.17, 15) is 0 Å². The van der Waals surface area contributed by atoms with Crippen LogP contribution in [0.2, 0.25) is 0 Å². The Labute approximate surface area is 213 Å². The van der Waals surface area contributed by atoms with Crippen LogP contribution in [0.3, 0.4) is 0 Å². The highest BCUT2D eigenvalue weighted by atomic mass is 16.5. The molecule has 5 nitrogen and oxygen atoms in total. The van der Waals surface area contributed by atoms with Gasteiger partial charge in [-0.25, -0.2) is 0 Å². The normalized spacial score (nSPS) is 20.1. The van der Waals surface area contributed by atoms with Crippen LogP contribution in [0.5, 0.6) is 11.5 Å². The van der Waals surface area contributed by atoms with Crippen LogP contribution < -0.4 is 14.4 Å². The summed E-state index contributed by atoms with van der Waals surface area (Å²) < 4.78 is 24.1. The van der Waals surface area contributed by atoms with Crippen LogP contribution in [0.4, 0.5) is 5.69 Å². The number of aryl methyl sites for hydroxylation is 1. The summed E-state index contributed by atoms with van der Waals surface area (Å²) >= 11 is 0. The van der Waals surface area contributed by atoms with Gasteiger partial charge in [-0.15, -0.1) is 0 Å². The smallest absolute Gasteiger partial charge is 0.178 e. The zero-order chi connectivity index (χ0) is 25.4. The van der Waals surface area contributed by atoms with Crippen molar-refractivity contribution in [3.63, 3.8) is 0 Å². The van der Waals surface area contributed by atoms with Crippen molar-refractivity contribution in [1.82, 2.24) is 0 Å². The minimum atomic E-state index is -0.813. The zero-order valence-electron chi connectivity index (χ0n) is 21.8. The molecule has 1 aliphatic heterocycles. The minimum absolute atomic E-state index is 0.0896. The Morgan fingerprint density at radius 3 is 2.14 bits per heavy atom. The molecule has 2 aliphatic rings. The van der Waals surface area contributed by atoms with Crippen molar-refractivity contribution in [2.45, 2.75) is 25.0 Å². The third kappa shape index (κ3) is 3.94. The van der Waals surface area contributed by atoms with Crippen LogP contribution in [0.1, 0.15) is 45.9 Å². The summed E-state index contributed by atoms with van der Waals surface area (Å²) in [6, 6.07) is 18.9. The molecule has 2 atom stereocenters. The lowest BCUT2D eigenvalue weighted by Crippen LogP contribution is -2.35. The first-order chi connectivity index (χ1) is 17.4. The molecule has 2 unspecified atom stereocenters. The monoisotopic (exact) mass is 483 g/mol. The van der Waals surface area contributed by atoms with E-state index in [1.165, 1.54) is 0 Å². The molecule has 186 valence electrons. The van der Waals surface area contributed by atoms with E-state index in [0.717, 1.165) is 56.3 Å². The number of fused-ring (bicyclic) bond motifs is 3. The number of methoxy groups -OCH3 is 3. The Balaban J connectivity index is 1.73. The van der Waals surface area contributed by atoms with Crippen LogP contribution in [-0.4, -0.2) is 35.4 Å². The average molecular weight is 484 g/mol. The van der Waals surface area contributed by atoms with Crippen molar-refractivity contribution < 1.29 is 18.9 Å². The van der Waals surface area contributed by atoms with E-state index in [-0.39, 0.29) is 6.10 Å². The first kappa shape index (κ1) is 24.0. The van der Waals surface area contributed by atoms with E-state index >= 15 is 0 Å². The molecule has 3 aromatic rings. The maximum Gasteiger partial charge on any atom is 0.178 e. The SMILES string of the molecule is COC1=Cc2c(cc(C)c3c2OC(c2ccc(OC)cc2)(c2ccc(N(C)C)cc2)C=C3)C(OC)C1. The molecule has 0 N–H and O–H groups in total. The highest BCUT2D eigenvalue weighted by molar-refractivity contribution is 5.77. The van der Waals surface area contributed by atoms with E-state index in [4.69, 9.17) is 18.9 Å². The van der Waals surface area contributed by atoms with E-state index < -0.39 is 5.60 Å². The van der Waals surface area contributed by atoms with Gasteiger partial charge in [0.2, 0.25) is 0 Å². The molecular formula is C31H33NO4. The summed E-state index contributed by atoms with van der Waals surface area (Å²) in [5, 5.41) is 0. The summed E-state index contributed by atoms with van der Waals surface area (Å²) in [6.45, 7) is 2.13. The Kier molecular flexibility index (Phi) is 6.27. The molecule has 1 aliphatic carbocycles. The van der Waals surface area contributed by atoms with Gasteiger partial charge in [-0.1, -0.05) is 36.4 Å². The van der Waals surface area contributed by atoms with Crippen LogP contribution in [0, 0.1) is 6.92 Å². The van der Waals surface area contributed by atoms with E-state index in [1.54, 1.807) is 21.3 Å². The van der Waals surface area contributed by atoms with Crippen molar-refractivity contribution in [2.75, 3.05) is 40.3 Å². The first-order valence-corrected chi connectivity index (χ1v) is 12.2. The lowest BCUT2D eigenvalue weighted by molar-refractivity contribution is 0.0856. The first-order valence-electron chi connectivity index (χ1n) is 12.2. The van der Waals surface area contributed by atoms with Gasteiger partial charge in [-0.2, -0.15) is 0 Å². The fraction of sp³-hybridized carbons (Fsp3) is 0.290. The lowest BCUT2D eigenvalue weighted by atomic mass is 9.81. The predicted octanol–water partition coefficient (Wildman–Crippen LogP) is 6.50. The van der Waals surface area contributed by atoms with Crippen molar-refractivity contribution in [1.29, 1.82) is 0 Å². The topological polar surface area (TPSA) is 40.2 Å². The van der Waals surface area contributed by atoms with E-state index in [2.05, 4.69) is 72.5 Å². The van der Waals surface area contributed by atoms with E-state index in [1.807, 2.05) is 26.2 Å². The number of rotatable bonds is 6. The van der Waals surface area contributed by atoms with Gasteiger partial charge in [0.15, 0.2) is 5.60 Å². The summed E-state index contributed by atoms with van der Waals surface area (Å²) in [4.78, 5) is 2.10. The number of nitrogens with zero attached hydrogens (tertiary/aromatic N) is 1. The standard InChI is InChI=1S/C31H33NO4/c1-20-17-27-28(18-25(34-5)19-29(27)35-6)30-26(20)15-16-31(36-30,22-9-13-24(33-4)14-10-22)21-7-11-23(12-8-21)32(2)3/h7-18,29H,19H2,1-6H3. The average Bonchev–Trinajstić information content (AvgIpc) is 2.92. The van der Waals surface area contributed by atoms with Gasteiger partial charge in [0.05, 0.1) is 26.1 Å². The Morgan fingerprint density at radius 2 is 1.56 bits per heavy atom. The predicted molar refractivity (Wildman–Crippen MR) is 145 cm³/mol. The summed E-state index contributed by atoms with van der Waals surface area (Å²) in [5.74, 6) is 2.53. The van der Waals surface area contributed by atoms with Gasteiger partial charge in [0, 0.05) is 55.6 Å². The lowest BCUT2D eigenvalue weighted by Gasteiger charge is -2.39. The van der Waals surface area contributed by atoms with Crippen molar-refractivity contribution in [3.8, 4) is 11.5 Å². The largest absolute Gasteiger partial charge is 0.501 e. The number of benzene rings is 3. The molecule has 5 heteroatoms. The molecule has 3 aromatic carbocycles. The number of hydrogen-bond donors (Lipinski definition) is 0. The molecule has 0 radical (unpaired) electrons. The quantitative estimate of drug-likeness (QED) is 0.400. The van der Waals surface area contributed by atoms with Gasteiger partial charge in [0.25, 0.3) is 0 Å². The van der Waals surface area contributed by atoms with E-state index in [0.29, 0.717) is 6.42 Å². The Hall–Kier alpha value is -3.70. The molecule has 0 amide bonds. The number of ether oxygens (including phenoxy) is 4. The van der Waals surface area contributed by atoms with Gasteiger partial charge in [-0.05, 0) is 54.5 Å². The highest BCUT2D eigenvalue weighted by Gasteiger charge is 2.39. The summed E-state index contributed by atoms with van der Waals surface area (Å²) in [5.41, 5.74) is 6.75. The molecule has 36 heavy (non-hydrogen) atoms. The van der Waals surface area contributed by atoms with Crippen LogP contribution in [0.15, 0.2) is 66.4 Å². The molecule has 0 bridgehead atoms. The Morgan fingerprint density at radius 1 is 0.889 bits per heavy atom. The van der Waals surface area contributed by atoms with Gasteiger partial charge >= 0.3 is 0 Å². The summed E-state index contributed by atoms with van der Waals surface area (Å²) in [7, 11) is 9.22. The zero-order valence-corrected chi connectivity index (χ0v) is 21.8. The van der Waals surface area contributed by atoms with Crippen molar-refractivity contribution >= 4 is 17.8 Å². The van der Waals surface area contributed by atoms with Gasteiger partial charge in [0.1, 0.15) is 11.5 Å². The molecule has 0 saturated carbocycles. The molecule has 0 spiro atoms. The molecule has 0 aromatic heterocycles. The molecule has 1 heterocycles. The third-order valence-corrected chi connectivity index (χ3v) is 7.26. The second-order valence-corrected chi connectivity index (χ2v) is 9.52. The fourth-order valence-electron chi connectivity index (χ4n) is 5.16. The van der Waals surface area contributed by atoms with Crippen molar-refractivity contribution in [2.24, 2.45) is 0 Å². The maximum absolute atomic E-state index is 7.13. The second kappa shape index (κ2) is 9.40. The van der Waals surface area contributed by atoms with Crippen LogP contribution in [0.25, 0.3) is 12.2 Å². The van der Waals surface area contributed by atoms with Crippen LogP contribution in [-0.2, 0) is 15.1 Å². The minimum Gasteiger partial charge on any atom is -0.501 e. The molecule has 5 rings (SSSR count). The molecule has 0 saturated heterocycles. The molecule has 0 fully saturated rings. The number of anilines is 1. The maximum atomic E-state index is 7.13. The fourth-order valence-corrected chi connectivity index (χ4v) is 5.16. The third-order valence-electron chi connectivity index (χ3n) is 7.26. The number of hydrogen-bond acceptors (Lipinski definition) is 5. The van der Waals surface area contributed by atoms with Gasteiger partial charge < -0.3 is 23.8 Å². The second-order valence-electron chi connectivity index (χ2n) is 9.52. The van der Waals surface area contributed by atoms with Crippen molar-refractivity contribution in [3.05, 3.63) is 99.8 Å².